The van der Waals surface area contributed by atoms with Crippen LogP contribution in [0.5, 0.6) is 11.5 Å². The molecule has 2 aliphatic rings. The number of carboxylic acid groups (broad SMARTS) is 1. The van der Waals surface area contributed by atoms with Gasteiger partial charge in [-0.1, -0.05) is 12.1 Å². The minimum atomic E-state index is -4.84. The van der Waals surface area contributed by atoms with Crippen LogP contribution in [0.15, 0.2) is 65.6 Å². The zero-order valence-corrected chi connectivity index (χ0v) is 22.1. The van der Waals surface area contributed by atoms with Crippen LogP contribution in [0.3, 0.4) is 0 Å². The van der Waals surface area contributed by atoms with Gasteiger partial charge in [0.05, 0.1) is 35.9 Å². The fraction of sp³-hybridized carbons (Fsp3) is 0.296. The molecular weight excluding hydrogens is 596 g/mol. The monoisotopic (exact) mass is 617 g/mol. The highest BCUT2D eigenvalue weighted by Crippen LogP contribution is 2.44. The lowest BCUT2D eigenvalue weighted by Gasteiger charge is -2.42. The van der Waals surface area contributed by atoms with Gasteiger partial charge in [-0.25, -0.2) is 12.8 Å². The average molecular weight is 618 g/mol. The third-order valence-electron chi connectivity index (χ3n) is 6.90. The predicted octanol–water partition coefficient (Wildman–Crippen LogP) is 5.56. The molecule has 1 fully saturated rings. The van der Waals surface area contributed by atoms with E-state index in [1.54, 1.807) is 0 Å². The van der Waals surface area contributed by atoms with Crippen molar-refractivity contribution in [1.82, 2.24) is 0 Å². The zero-order valence-electron chi connectivity index (χ0n) is 21.3. The Morgan fingerprint density at radius 1 is 1.07 bits per heavy atom. The number of halogens is 6. The summed E-state index contributed by atoms with van der Waals surface area (Å²) < 4.78 is 124. The van der Waals surface area contributed by atoms with Crippen LogP contribution in [0.2, 0.25) is 0 Å². The molecule has 0 amide bonds. The number of ether oxygens (including phenoxy) is 3. The number of carbonyl (C=O) groups is 1. The molecule has 1 atom stereocenters. The van der Waals surface area contributed by atoms with Crippen molar-refractivity contribution in [2.45, 2.75) is 30.2 Å². The molecule has 2 aliphatic heterocycles. The number of hydrogen-bond donors (Lipinski definition) is 1. The van der Waals surface area contributed by atoms with Crippen LogP contribution in [0, 0.1) is 11.2 Å². The van der Waals surface area contributed by atoms with Crippen molar-refractivity contribution in [2.24, 2.45) is 5.41 Å². The van der Waals surface area contributed by atoms with Gasteiger partial charge >= 0.3 is 18.8 Å². The third-order valence-corrected chi connectivity index (χ3v) is 8.67. The van der Waals surface area contributed by atoms with Crippen LogP contribution in [0.25, 0.3) is 11.1 Å². The van der Waals surface area contributed by atoms with Gasteiger partial charge in [0.2, 0.25) is 0 Å². The van der Waals surface area contributed by atoms with E-state index < -0.39 is 68.9 Å². The third kappa shape index (κ3) is 5.70. The van der Waals surface area contributed by atoms with Crippen molar-refractivity contribution in [2.75, 3.05) is 24.1 Å². The summed E-state index contributed by atoms with van der Waals surface area (Å²) in [5, 5.41) is 9.72. The van der Waals surface area contributed by atoms with Crippen LogP contribution in [-0.4, -0.2) is 52.0 Å². The molecule has 0 bridgehead atoms. The average Bonchev–Trinajstić information content (AvgIpc) is 2.88. The van der Waals surface area contributed by atoms with Gasteiger partial charge in [0.15, 0.2) is 0 Å². The molecule has 224 valence electrons. The van der Waals surface area contributed by atoms with Crippen molar-refractivity contribution in [1.29, 1.82) is 0 Å². The van der Waals surface area contributed by atoms with E-state index in [9.17, 15) is 44.7 Å². The van der Waals surface area contributed by atoms with Crippen molar-refractivity contribution in [3.05, 3.63) is 72.0 Å². The summed E-state index contributed by atoms with van der Waals surface area (Å²) in [4.78, 5) is 11.2. The maximum absolute atomic E-state index is 14.2. The van der Waals surface area contributed by atoms with E-state index in [2.05, 4.69) is 4.74 Å². The van der Waals surface area contributed by atoms with E-state index in [0.29, 0.717) is 12.1 Å². The molecule has 0 aromatic heterocycles. The van der Waals surface area contributed by atoms with Crippen LogP contribution >= 0.6 is 0 Å². The molecule has 8 nitrogen and oxygen atoms in total. The first-order chi connectivity index (χ1) is 19.7. The Morgan fingerprint density at radius 2 is 1.81 bits per heavy atom. The second kappa shape index (κ2) is 10.7. The molecule has 0 unspecified atom stereocenters. The van der Waals surface area contributed by atoms with Gasteiger partial charge in [0.1, 0.15) is 28.8 Å². The number of rotatable bonds is 8. The fourth-order valence-corrected chi connectivity index (χ4v) is 6.34. The van der Waals surface area contributed by atoms with Gasteiger partial charge in [-0.15, -0.1) is 0 Å². The van der Waals surface area contributed by atoms with Gasteiger partial charge in [0.25, 0.3) is 10.0 Å². The van der Waals surface area contributed by atoms with Crippen molar-refractivity contribution in [3.8, 4) is 22.6 Å². The standard InChI is InChI=1S/C27H21F6NO7S/c28-18-6-16(7-19(10-18)41-25(29)30)15-4-5-23-22(8-15)34(12-20(40-23)11-26(24(35)36)13-39-14-26)42(37,38)21-3-1-2-17(9-21)27(31,32)33/h1-10,20,25H,11-14H2,(H,35,36)/t20-/m0/s1. The van der Waals surface area contributed by atoms with Crippen LogP contribution in [0.4, 0.5) is 32.0 Å². The molecule has 3 aromatic rings. The SMILES string of the molecule is O=C(O)C1(C[C@H]2CN(S(=O)(=O)c3cccc(C(F)(F)F)c3)c3cc(-c4cc(F)cc(OC(F)F)c4)ccc3O2)COC1. The van der Waals surface area contributed by atoms with E-state index in [1.165, 1.54) is 18.2 Å². The van der Waals surface area contributed by atoms with E-state index in [1.807, 2.05) is 0 Å². The molecule has 15 heteroatoms. The maximum atomic E-state index is 14.2. The quantitative estimate of drug-likeness (QED) is 0.330. The Labute approximate surface area is 235 Å². The summed E-state index contributed by atoms with van der Waals surface area (Å²) in [6.45, 7) is -4.00. The van der Waals surface area contributed by atoms with Crippen LogP contribution in [-0.2, 0) is 25.7 Å². The Bertz CT molecular complexity index is 1630. The van der Waals surface area contributed by atoms with Crippen molar-refractivity contribution >= 4 is 21.7 Å². The first-order valence-corrected chi connectivity index (χ1v) is 13.7. The Kier molecular flexibility index (Phi) is 7.51. The number of benzene rings is 3. The summed E-state index contributed by atoms with van der Waals surface area (Å²) >= 11 is 0. The molecule has 5 rings (SSSR count). The summed E-state index contributed by atoms with van der Waals surface area (Å²) in [7, 11) is -4.71. The number of anilines is 1. The molecule has 0 spiro atoms. The molecular formula is C27H21F6NO7S. The van der Waals surface area contributed by atoms with Crippen molar-refractivity contribution in [3.63, 3.8) is 0 Å². The second-order valence-electron chi connectivity index (χ2n) is 9.82. The van der Waals surface area contributed by atoms with Crippen LogP contribution in [0.1, 0.15) is 12.0 Å². The number of aliphatic carboxylic acids is 1. The topological polar surface area (TPSA) is 102 Å². The first-order valence-electron chi connectivity index (χ1n) is 12.3. The highest BCUT2D eigenvalue weighted by atomic mass is 32.2. The molecule has 3 aromatic carbocycles. The zero-order chi connectivity index (χ0) is 30.4. The molecule has 1 saturated heterocycles. The van der Waals surface area contributed by atoms with E-state index in [-0.39, 0.29) is 42.2 Å². The van der Waals surface area contributed by atoms with E-state index in [0.717, 1.165) is 34.6 Å². The second-order valence-corrected chi connectivity index (χ2v) is 11.7. The van der Waals surface area contributed by atoms with Gasteiger partial charge in [-0.2, -0.15) is 22.0 Å². The number of fused-ring (bicyclic) bond motifs is 1. The number of nitrogens with zero attached hydrogens (tertiary/aromatic N) is 1. The lowest BCUT2D eigenvalue weighted by molar-refractivity contribution is -0.184. The number of sulfonamides is 1. The molecule has 42 heavy (non-hydrogen) atoms. The van der Waals surface area contributed by atoms with E-state index in [4.69, 9.17) is 9.47 Å². The fourth-order valence-electron chi connectivity index (χ4n) is 4.80. The summed E-state index contributed by atoms with van der Waals surface area (Å²) in [5.41, 5.74) is -2.52. The number of hydrogen-bond acceptors (Lipinski definition) is 6. The van der Waals surface area contributed by atoms with Crippen molar-refractivity contribution < 1.29 is 58.9 Å². The van der Waals surface area contributed by atoms with Gasteiger partial charge in [-0.05, 0) is 53.6 Å². The normalized spacial score (nSPS) is 18.2. The Morgan fingerprint density at radius 3 is 2.43 bits per heavy atom. The summed E-state index contributed by atoms with van der Waals surface area (Å²) in [6, 6.07) is 9.88. The largest absolute Gasteiger partial charge is 0.486 e. The van der Waals surface area contributed by atoms with Crippen LogP contribution < -0.4 is 13.8 Å². The summed E-state index contributed by atoms with van der Waals surface area (Å²) in [5.74, 6) is -2.65. The van der Waals surface area contributed by atoms with Gasteiger partial charge in [0, 0.05) is 12.5 Å². The molecule has 1 N–H and O–H groups in total. The minimum absolute atomic E-state index is 0.0310. The maximum Gasteiger partial charge on any atom is 0.416 e. The predicted molar refractivity (Wildman–Crippen MR) is 134 cm³/mol. The van der Waals surface area contributed by atoms with Gasteiger partial charge < -0.3 is 19.3 Å². The Hall–Kier alpha value is -3.98. The highest BCUT2D eigenvalue weighted by molar-refractivity contribution is 7.92. The molecule has 0 saturated carbocycles. The molecule has 0 aliphatic carbocycles. The summed E-state index contributed by atoms with van der Waals surface area (Å²) in [6.07, 6.45) is -6.04. The Balaban J connectivity index is 1.60. The highest BCUT2D eigenvalue weighted by Gasteiger charge is 2.50. The number of alkyl halides is 5. The molecule has 2 heterocycles. The smallest absolute Gasteiger partial charge is 0.416 e. The minimum Gasteiger partial charge on any atom is -0.486 e. The molecule has 0 radical (unpaired) electrons. The van der Waals surface area contributed by atoms with Gasteiger partial charge in [-0.3, -0.25) is 9.10 Å². The lowest BCUT2D eigenvalue weighted by atomic mass is 9.80. The van der Waals surface area contributed by atoms with E-state index >= 15 is 0 Å². The lowest BCUT2D eigenvalue weighted by Crippen LogP contribution is -2.54. The number of carboxylic acids is 1. The first kappa shape index (κ1) is 29.5.